The van der Waals surface area contributed by atoms with E-state index in [2.05, 4.69) is 0 Å². The number of aliphatic hydroxyl groups excluding tert-OH is 2. The molecule has 9 heteroatoms. The van der Waals surface area contributed by atoms with E-state index >= 15 is 0 Å². The Morgan fingerprint density at radius 1 is 1.14 bits per heavy atom. The standard InChI is InChI=1S/C26H26N2O7/c1-28(2)20-13-6-4-5-7-14(13)22(35-3)18-15(20)9-11-8-12-10-16(29)19(25(27)33)24(32)26(12,34)23(31)17(11)21(18)30/h4-7,11-12,29,31,34H,8-10H2,1-3H3,(H2,27,33)/t11?,12-,26-/m0/s1. The van der Waals surface area contributed by atoms with Gasteiger partial charge in [0.1, 0.15) is 22.8 Å². The summed E-state index contributed by atoms with van der Waals surface area (Å²) in [7, 11) is 5.23. The maximum Gasteiger partial charge on any atom is 0.255 e. The summed E-state index contributed by atoms with van der Waals surface area (Å²) < 4.78 is 5.69. The van der Waals surface area contributed by atoms with Crippen LogP contribution in [-0.2, 0) is 16.0 Å². The fourth-order valence-electron chi connectivity index (χ4n) is 6.12. The van der Waals surface area contributed by atoms with Crippen molar-refractivity contribution in [1.82, 2.24) is 0 Å². The Hall–Kier alpha value is -3.85. The molecule has 3 aliphatic rings. The van der Waals surface area contributed by atoms with Crippen LogP contribution in [0.1, 0.15) is 28.8 Å². The molecule has 5 N–H and O–H groups in total. The molecule has 3 atom stereocenters. The maximum atomic E-state index is 14.0. The van der Waals surface area contributed by atoms with Gasteiger partial charge in [-0.2, -0.15) is 0 Å². The van der Waals surface area contributed by atoms with Crippen LogP contribution in [0, 0.1) is 11.8 Å². The molecule has 1 unspecified atom stereocenters. The lowest BCUT2D eigenvalue weighted by Gasteiger charge is -2.46. The predicted molar refractivity (Wildman–Crippen MR) is 128 cm³/mol. The van der Waals surface area contributed by atoms with Gasteiger partial charge in [0.05, 0.1) is 12.7 Å². The van der Waals surface area contributed by atoms with E-state index in [4.69, 9.17) is 10.5 Å². The summed E-state index contributed by atoms with van der Waals surface area (Å²) in [5, 5.41) is 34.6. The minimum atomic E-state index is -2.52. The number of hydrogen-bond acceptors (Lipinski definition) is 8. The fourth-order valence-corrected chi connectivity index (χ4v) is 6.12. The third kappa shape index (κ3) is 2.88. The lowest BCUT2D eigenvalue weighted by molar-refractivity contribution is -0.144. The van der Waals surface area contributed by atoms with Gasteiger partial charge in [0.25, 0.3) is 5.91 Å². The SMILES string of the molecule is COc1c2c(c(N(C)C)c3ccccc13)CC1C[C@H]3CC(O)=C(C(N)=O)C(=O)[C@@]3(O)C(O)=C1C2=O. The number of carbonyl (C=O) groups is 3. The third-order valence-electron chi connectivity index (χ3n) is 7.55. The molecule has 0 saturated carbocycles. The van der Waals surface area contributed by atoms with Crippen LogP contribution >= 0.6 is 0 Å². The Morgan fingerprint density at radius 2 is 1.80 bits per heavy atom. The number of ketones is 2. The highest BCUT2D eigenvalue weighted by molar-refractivity contribution is 6.25. The van der Waals surface area contributed by atoms with Crippen molar-refractivity contribution in [2.24, 2.45) is 17.6 Å². The molecule has 0 fully saturated rings. The average Bonchev–Trinajstić information content (AvgIpc) is 2.79. The number of anilines is 1. The highest BCUT2D eigenvalue weighted by Gasteiger charge is 2.59. The first-order valence-corrected chi connectivity index (χ1v) is 11.3. The molecule has 3 aliphatic carbocycles. The summed E-state index contributed by atoms with van der Waals surface area (Å²) in [5.41, 5.74) is 3.78. The van der Waals surface area contributed by atoms with Crippen molar-refractivity contribution in [3.63, 3.8) is 0 Å². The summed E-state index contributed by atoms with van der Waals surface area (Å²) >= 11 is 0. The Bertz CT molecular complexity index is 1400. The van der Waals surface area contributed by atoms with Crippen LogP contribution in [0.15, 0.2) is 46.9 Å². The molecular formula is C26H26N2O7. The molecule has 0 heterocycles. The predicted octanol–water partition coefficient (Wildman–Crippen LogP) is 2.10. The van der Waals surface area contributed by atoms with Crippen molar-refractivity contribution in [3.8, 4) is 5.75 Å². The number of rotatable bonds is 3. The monoisotopic (exact) mass is 478 g/mol. The van der Waals surface area contributed by atoms with E-state index in [9.17, 15) is 29.7 Å². The molecule has 2 aromatic rings. The smallest absolute Gasteiger partial charge is 0.255 e. The highest BCUT2D eigenvalue weighted by Crippen LogP contribution is 2.53. The fraction of sp³-hybridized carbons (Fsp3) is 0.346. The maximum absolute atomic E-state index is 14.0. The molecule has 182 valence electrons. The van der Waals surface area contributed by atoms with Crippen LogP contribution in [0.25, 0.3) is 10.8 Å². The second-order valence-electron chi connectivity index (χ2n) is 9.59. The number of Topliss-reactive ketones (excluding diaryl/α,β-unsaturated/α-hetero) is 2. The van der Waals surface area contributed by atoms with Crippen molar-refractivity contribution < 1.29 is 34.4 Å². The number of nitrogens with zero attached hydrogens (tertiary/aromatic N) is 1. The van der Waals surface area contributed by atoms with Gasteiger partial charge in [-0.1, -0.05) is 24.3 Å². The summed E-state index contributed by atoms with van der Waals surface area (Å²) in [4.78, 5) is 40.8. The van der Waals surface area contributed by atoms with E-state index in [1.54, 1.807) is 0 Å². The number of ether oxygens (including phenoxy) is 1. The first-order valence-electron chi connectivity index (χ1n) is 11.3. The molecule has 0 aliphatic heterocycles. The van der Waals surface area contributed by atoms with Crippen LogP contribution in [0.4, 0.5) is 5.69 Å². The molecule has 0 spiro atoms. The Labute approximate surface area is 201 Å². The van der Waals surface area contributed by atoms with Gasteiger partial charge in [0, 0.05) is 48.5 Å². The molecule has 0 radical (unpaired) electrons. The third-order valence-corrected chi connectivity index (χ3v) is 7.55. The van der Waals surface area contributed by atoms with E-state index in [1.807, 2.05) is 43.3 Å². The lowest BCUT2D eigenvalue weighted by atomic mass is 9.60. The quantitative estimate of drug-likeness (QED) is 0.490. The van der Waals surface area contributed by atoms with Crippen LogP contribution in [0.3, 0.4) is 0 Å². The Kier molecular flexibility index (Phi) is 4.96. The van der Waals surface area contributed by atoms with E-state index < -0.39 is 52.0 Å². The Balaban J connectivity index is 1.79. The zero-order valence-electron chi connectivity index (χ0n) is 19.6. The van der Waals surface area contributed by atoms with Crippen LogP contribution in [0.5, 0.6) is 5.75 Å². The summed E-state index contributed by atoms with van der Waals surface area (Å²) in [6, 6.07) is 7.54. The van der Waals surface area contributed by atoms with Crippen LogP contribution in [-0.4, -0.2) is 59.6 Å². The molecule has 2 aromatic carbocycles. The molecule has 1 amide bonds. The van der Waals surface area contributed by atoms with Gasteiger partial charge in [0.15, 0.2) is 11.4 Å². The normalized spacial score (nSPS) is 25.8. The summed E-state index contributed by atoms with van der Waals surface area (Å²) in [6.07, 6.45) is 0.269. The van der Waals surface area contributed by atoms with Crippen molar-refractivity contribution in [3.05, 3.63) is 58.1 Å². The number of hydrogen-bond donors (Lipinski definition) is 4. The zero-order valence-corrected chi connectivity index (χ0v) is 19.6. The molecule has 0 saturated heterocycles. The molecule has 5 rings (SSSR count). The number of allylic oxidation sites excluding steroid dienone is 2. The highest BCUT2D eigenvalue weighted by atomic mass is 16.5. The zero-order chi connectivity index (χ0) is 25.4. The van der Waals surface area contributed by atoms with E-state index in [0.29, 0.717) is 17.6 Å². The van der Waals surface area contributed by atoms with Gasteiger partial charge < -0.3 is 30.7 Å². The van der Waals surface area contributed by atoms with Gasteiger partial charge >= 0.3 is 0 Å². The molecular weight excluding hydrogens is 452 g/mol. The van der Waals surface area contributed by atoms with Crippen molar-refractivity contribution in [2.75, 3.05) is 26.1 Å². The van der Waals surface area contributed by atoms with Crippen LogP contribution in [0.2, 0.25) is 0 Å². The number of nitrogens with two attached hydrogens (primary N) is 1. The topological polar surface area (TPSA) is 150 Å². The largest absolute Gasteiger partial charge is 0.511 e. The van der Waals surface area contributed by atoms with Crippen LogP contribution < -0.4 is 15.4 Å². The van der Waals surface area contributed by atoms with Crippen molar-refractivity contribution in [2.45, 2.75) is 24.9 Å². The summed E-state index contributed by atoms with van der Waals surface area (Å²) in [6.45, 7) is 0. The molecule has 9 nitrogen and oxygen atoms in total. The van der Waals surface area contributed by atoms with E-state index in [0.717, 1.165) is 16.6 Å². The number of amides is 1. The Morgan fingerprint density at radius 3 is 2.40 bits per heavy atom. The summed E-state index contributed by atoms with van der Waals surface area (Å²) in [5.74, 6) is -5.33. The van der Waals surface area contributed by atoms with Gasteiger partial charge in [-0.25, -0.2) is 0 Å². The van der Waals surface area contributed by atoms with Gasteiger partial charge in [-0.05, 0) is 24.3 Å². The van der Waals surface area contributed by atoms with Gasteiger partial charge in [-0.3, -0.25) is 14.4 Å². The number of benzene rings is 2. The molecule has 0 aromatic heterocycles. The minimum Gasteiger partial charge on any atom is -0.511 e. The number of aliphatic hydroxyl groups is 3. The number of primary amides is 1. The van der Waals surface area contributed by atoms with Crippen molar-refractivity contribution >= 4 is 33.9 Å². The first kappa shape index (κ1) is 22.9. The molecule has 35 heavy (non-hydrogen) atoms. The number of carbonyl (C=O) groups excluding carboxylic acids is 3. The van der Waals surface area contributed by atoms with Crippen molar-refractivity contribution in [1.29, 1.82) is 0 Å². The second-order valence-corrected chi connectivity index (χ2v) is 9.59. The first-order chi connectivity index (χ1) is 16.5. The van der Waals surface area contributed by atoms with E-state index in [-0.39, 0.29) is 24.0 Å². The number of fused-ring (bicyclic) bond motifs is 4. The van der Waals surface area contributed by atoms with E-state index in [1.165, 1.54) is 7.11 Å². The van der Waals surface area contributed by atoms with Gasteiger partial charge in [0.2, 0.25) is 5.78 Å². The lowest BCUT2D eigenvalue weighted by Crippen LogP contribution is -2.57. The van der Waals surface area contributed by atoms with Gasteiger partial charge in [-0.15, -0.1) is 0 Å². The minimum absolute atomic E-state index is 0.0758. The second kappa shape index (κ2) is 7.58. The average molecular weight is 479 g/mol. The number of methoxy groups -OCH3 is 1. The molecule has 0 bridgehead atoms.